The Morgan fingerprint density at radius 3 is 2.60 bits per heavy atom. The third kappa shape index (κ3) is 3.90. The quantitative estimate of drug-likeness (QED) is 0.229. The van der Waals surface area contributed by atoms with Gasteiger partial charge in [-0.1, -0.05) is 12.1 Å². The molecule has 0 unspecified atom stereocenters. The minimum atomic E-state index is 0.0759. The molecule has 80 valence electrons. The lowest BCUT2D eigenvalue weighted by molar-refractivity contribution is 0.993. The van der Waals surface area contributed by atoms with Gasteiger partial charge in [-0.25, -0.2) is 5.43 Å². The van der Waals surface area contributed by atoms with Crippen LogP contribution >= 0.6 is 11.8 Å². The van der Waals surface area contributed by atoms with Crippen LogP contribution in [0.25, 0.3) is 0 Å². The summed E-state index contributed by atoms with van der Waals surface area (Å²) in [5.74, 6) is 4.99. The van der Waals surface area contributed by atoms with Crippen molar-refractivity contribution in [1.82, 2.24) is 5.43 Å². The lowest BCUT2D eigenvalue weighted by atomic mass is 10.2. The summed E-state index contributed by atoms with van der Waals surface area (Å²) < 4.78 is 0. The Kier molecular flexibility index (Phi) is 4.49. The van der Waals surface area contributed by atoms with Crippen molar-refractivity contribution in [2.45, 2.75) is 4.90 Å². The van der Waals surface area contributed by atoms with Crippen LogP contribution in [0.5, 0.6) is 0 Å². The molecule has 5 nitrogen and oxygen atoms in total. The standard InChI is InChI=1S/C9H13N5S/c1-15-8-4-2-7(3-5-8)6-12-14-9(10)13-11/h2-6H,11H2,1H3,(H3,10,13,14)/b12-6+. The molecule has 0 saturated heterocycles. The van der Waals surface area contributed by atoms with Gasteiger partial charge in [0.15, 0.2) is 0 Å². The number of hydrogen-bond acceptors (Lipinski definition) is 4. The topological polar surface area (TPSA) is 88.8 Å². The zero-order valence-corrected chi connectivity index (χ0v) is 9.16. The van der Waals surface area contributed by atoms with Crippen LogP contribution < -0.4 is 17.0 Å². The van der Waals surface area contributed by atoms with Gasteiger partial charge in [0.05, 0.1) is 6.21 Å². The molecule has 0 aliphatic rings. The third-order valence-corrected chi connectivity index (χ3v) is 2.39. The molecule has 0 bridgehead atoms. The molecule has 0 spiro atoms. The number of hydrazone groups is 2. The maximum absolute atomic E-state index is 5.28. The number of rotatable bonds is 3. The third-order valence-electron chi connectivity index (χ3n) is 1.65. The Labute approximate surface area is 92.6 Å². The van der Waals surface area contributed by atoms with E-state index in [-0.39, 0.29) is 5.96 Å². The largest absolute Gasteiger partial charge is 0.367 e. The second kappa shape index (κ2) is 5.92. The number of thioether (sulfide) groups is 1. The van der Waals surface area contributed by atoms with Gasteiger partial charge in [-0.05, 0) is 24.0 Å². The number of guanidine groups is 1. The van der Waals surface area contributed by atoms with Gasteiger partial charge in [0.2, 0.25) is 5.96 Å². The predicted octanol–water partition coefficient (Wildman–Crippen LogP) is 0.520. The summed E-state index contributed by atoms with van der Waals surface area (Å²) in [6, 6.07) is 7.97. The van der Waals surface area contributed by atoms with Gasteiger partial charge in [0, 0.05) is 4.90 Å². The summed E-state index contributed by atoms with van der Waals surface area (Å²) >= 11 is 1.69. The summed E-state index contributed by atoms with van der Waals surface area (Å²) in [7, 11) is 0. The van der Waals surface area contributed by atoms with Crippen molar-refractivity contribution in [2.24, 2.45) is 21.8 Å². The fourth-order valence-electron chi connectivity index (χ4n) is 0.892. The Morgan fingerprint density at radius 1 is 1.40 bits per heavy atom. The van der Waals surface area contributed by atoms with Crippen LogP contribution in [-0.4, -0.2) is 18.4 Å². The number of nitrogens with one attached hydrogen (secondary N) is 1. The van der Waals surface area contributed by atoms with E-state index in [9.17, 15) is 0 Å². The van der Waals surface area contributed by atoms with Gasteiger partial charge >= 0.3 is 0 Å². The summed E-state index contributed by atoms with van der Waals surface area (Å²) in [6.45, 7) is 0. The Morgan fingerprint density at radius 2 is 2.07 bits per heavy atom. The van der Waals surface area contributed by atoms with E-state index in [1.54, 1.807) is 18.0 Å². The number of benzene rings is 1. The SMILES string of the molecule is CSc1ccc(/C=N/NC(N)=NN)cc1. The van der Waals surface area contributed by atoms with Crippen molar-refractivity contribution in [3.8, 4) is 0 Å². The minimum Gasteiger partial charge on any atom is -0.367 e. The smallest absolute Gasteiger partial charge is 0.231 e. The van der Waals surface area contributed by atoms with Crippen molar-refractivity contribution < 1.29 is 0 Å². The highest BCUT2D eigenvalue weighted by Crippen LogP contribution is 2.13. The predicted molar refractivity (Wildman–Crippen MR) is 64.8 cm³/mol. The van der Waals surface area contributed by atoms with Crippen molar-refractivity contribution in [3.63, 3.8) is 0 Å². The van der Waals surface area contributed by atoms with Crippen LogP contribution in [0.2, 0.25) is 0 Å². The van der Waals surface area contributed by atoms with Crippen LogP contribution in [0, 0.1) is 0 Å². The molecule has 0 fully saturated rings. The van der Waals surface area contributed by atoms with Gasteiger partial charge in [0.25, 0.3) is 0 Å². The molecule has 0 heterocycles. The molecule has 0 aliphatic heterocycles. The second-order valence-electron chi connectivity index (χ2n) is 2.66. The first kappa shape index (κ1) is 11.4. The van der Waals surface area contributed by atoms with Crippen molar-refractivity contribution in [3.05, 3.63) is 29.8 Å². The highest BCUT2D eigenvalue weighted by molar-refractivity contribution is 7.98. The molecule has 0 aliphatic carbocycles. The van der Waals surface area contributed by atoms with E-state index in [4.69, 9.17) is 11.6 Å². The summed E-state index contributed by atoms with van der Waals surface area (Å²) in [5, 5.41) is 7.06. The fraction of sp³-hybridized carbons (Fsp3) is 0.111. The van der Waals surface area contributed by atoms with E-state index >= 15 is 0 Å². The maximum atomic E-state index is 5.28. The highest BCUT2D eigenvalue weighted by Gasteiger charge is 1.90. The Balaban J connectivity index is 2.57. The monoisotopic (exact) mass is 223 g/mol. The minimum absolute atomic E-state index is 0.0759. The molecule has 1 aromatic carbocycles. The van der Waals surface area contributed by atoms with Crippen LogP contribution in [0.15, 0.2) is 39.4 Å². The van der Waals surface area contributed by atoms with Gasteiger partial charge in [-0.3, -0.25) is 0 Å². The second-order valence-corrected chi connectivity index (χ2v) is 3.54. The lowest BCUT2D eigenvalue weighted by Gasteiger charge is -1.97. The first-order valence-corrected chi connectivity index (χ1v) is 5.45. The Hall–Kier alpha value is -1.69. The van der Waals surface area contributed by atoms with Crippen molar-refractivity contribution in [1.29, 1.82) is 0 Å². The van der Waals surface area contributed by atoms with E-state index in [1.165, 1.54) is 4.90 Å². The normalized spacial score (nSPS) is 11.9. The molecule has 0 atom stereocenters. The van der Waals surface area contributed by atoms with Crippen molar-refractivity contribution in [2.75, 3.05) is 6.26 Å². The van der Waals surface area contributed by atoms with E-state index < -0.39 is 0 Å². The van der Waals surface area contributed by atoms with Gasteiger partial charge in [0.1, 0.15) is 0 Å². The van der Waals surface area contributed by atoms with Crippen LogP contribution in [-0.2, 0) is 0 Å². The molecule has 15 heavy (non-hydrogen) atoms. The fourth-order valence-corrected chi connectivity index (χ4v) is 1.30. The van der Waals surface area contributed by atoms with Gasteiger partial charge in [-0.15, -0.1) is 16.9 Å². The molecule has 1 aromatic rings. The molecule has 5 N–H and O–H groups in total. The van der Waals surface area contributed by atoms with Gasteiger partial charge < -0.3 is 11.6 Å². The van der Waals surface area contributed by atoms with E-state index in [2.05, 4.69) is 15.6 Å². The Bertz CT molecular complexity index is 357. The maximum Gasteiger partial charge on any atom is 0.231 e. The van der Waals surface area contributed by atoms with E-state index in [0.29, 0.717) is 0 Å². The van der Waals surface area contributed by atoms with E-state index in [1.807, 2.05) is 30.5 Å². The molecule has 1 rings (SSSR count). The number of nitrogens with zero attached hydrogens (tertiary/aromatic N) is 2. The van der Waals surface area contributed by atoms with Crippen LogP contribution in [0.1, 0.15) is 5.56 Å². The van der Waals surface area contributed by atoms with E-state index in [0.717, 1.165) is 5.56 Å². The highest BCUT2D eigenvalue weighted by atomic mass is 32.2. The molecule has 0 aromatic heterocycles. The average molecular weight is 223 g/mol. The summed E-state index contributed by atoms with van der Waals surface area (Å²) in [5.41, 5.74) is 8.73. The first-order chi connectivity index (χ1) is 7.26. The van der Waals surface area contributed by atoms with Crippen LogP contribution in [0.4, 0.5) is 0 Å². The molecular weight excluding hydrogens is 210 g/mol. The summed E-state index contributed by atoms with van der Waals surface area (Å²) in [6.07, 6.45) is 3.67. The zero-order chi connectivity index (χ0) is 11.1. The molecular formula is C9H13N5S. The average Bonchev–Trinajstić information content (AvgIpc) is 2.29. The van der Waals surface area contributed by atoms with Crippen LogP contribution in [0.3, 0.4) is 0 Å². The van der Waals surface area contributed by atoms with Gasteiger partial charge in [-0.2, -0.15) is 5.10 Å². The number of nitrogens with two attached hydrogens (primary N) is 2. The first-order valence-electron chi connectivity index (χ1n) is 4.22. The molecule has 0 amide bonds. The molecule has 0 saturated carbocycles. The summed E-state index contributed by atoms with van der Waals surface area (Å²) in [4.78, 5) is 1.21. The lowest BCUT2D eigenvalue weighted by Crippen LogP contribution is -2.28. The zero-order valence-electron chi connectivity index (χ0n) is 8.34. The van der Waals surface area contributed by atoms with Crippen molar-refractivity contribution >= 4 is 23.9 Å². The molecule has 0 radical (unpaired) electrons. The molecule has 6 heteroatoms. The number of hydrogen-bond donors (Lipinski definition) is 3.